The van der Waals surface area contributed by atoms with E-state index in [1.165, 1.54) is 0 Å². The number of nitrogens with zero attached hydrogens (tertiary/aromatic N) is 2. The van der Waals surface area contributed by atoms with Gasteiger partial charge in [0.05, 0.1) is 12.2 Å². The van der Waals surface area contributed by atoms with E-state index in [4.69, 9.17) is 9.47 Å². The highest BCUT2D eigenvalue weighted by molar-refractivity contribution is 7.09. The van der Waals surface area contributed by atoms with Crippen molar-refractivity contribution in [3.8, 4) is 11.5 Å². The van der Waals surface area contributed by atoms with E-state index in [0.717, 1.165) is 27.8 Å². The number of fused-ring (bicyclic) bond motifs is 1. The average molecular weight is 375 g/mol. The summed E-state index contributed by atoms with van der Waals surface area (Å²) in [6.45, 7) is 8.45. The molecular weight excluding hydrogens is 350 g/mol. The number of carbonyl (C=O) groups excluding carboxylic acids is 1. The maximum absolute atomic E-state index is 12.3. The van der Waals surface area contributed by atoms with E-state index >= 15 is 0 Å². The number of ether oxygens (including phenoxy) is 2. The van der Waals surface area contributed by atoms with Crippen LogP contribution in [0.25, 0.3) is 0 Å². The molecule has 0 unspecified atom stereocenters. The van der Waals surface area contributed by atoms with Crippen molar-refractivity contribution in [3.63, 3.8) is 0 Å². The Morgan fingerprint density at radius 3 is 2.69 bits per heavy atom. The van der Waals surface area contributed by atoms with Crippen LogP contribution in [0.5, 0.6) is 11.5 Å². The van der Waals surface area contributed by atoms with Crippen LogP contribution < -0.4 is 14.8 Å². The maximum Gasteiger partial charge on any atom is 0.317 e. The Bertz CT molecular complexity index is 783. The summed E-state index contributed by atoms with van der Waals surface area (Å²) in [7, 11) is 1.77. The number of nitrogens with one attached hydrogen (secondary N) is 1. The number of hydrogen-bond acceptors (Lipinski definition) is 5. The van der Waals surface area contributed by atoms with Gasteiger partial charge < -0.3 is 19.7 Å². The fraction of sp³-hybridized carbons (Fsp3) is 0.474. The zero-order chi connectivity index (χ0) is 18.7. The first-order valence-corrected chi connectivity index (χ1v) is 9.53. The average Bonchev–Trinajstić information content (AvgIpc) is 3.09. The van der Waals surface area contributed by atoms with Crippen LogP contribution in [0.15, 0.2) is 23.6 Å². The van der Waals surface area contributed by atoms with Crippen molar-refractivity contribution in [2.24, 2.45) is 0 Å². The summed E-state index contributed by atoms with van der Waals surface area (Å²) >= 11 is 1.57. The lowest BCUT2D eigenvalue weighted by Gasteiger charge is -2.21. The molecule has 1 aliphatic rings. The van der Waals surface area contributed by atoms with Crippen LogP contribution in [0.4, 0.5) is 4.79 Å². The molecule has 140 valence electrons. The molecule has 0 saturated heterocycles. The Hall–Kier alpha value is -2.28. The van der Waals surface area contributed by atoms with Crippen LogP contribution in [-0.2, 0) is 18.5 Å². The molecule has 1 N–H and O–H groups in total. The zero-order valence-electron chi connectivity index (χ0n) is 15.7. The number of thiazole rings is 1. The smallest absolute Gasteiger partial charge is 0.317 e. The molecule has 0 spiro atoms. The van der Waals surface area contributed by atoms with Gasteiger partial charge in [0.2, 0.25) is 0 Å². The van der Waals surface area contributed by atoms with Crippen LogP contribution in [-0.4, -0.2) is 36.2 Å². The van der Waals surface area contributed by atoms with Gasteiger partial charge in [-0.05, 0) is 17.7 Å². The van der Waals surface area contributed by atoms with Crippen molar-refractivity contribution in [2.45, 2.75) is 39.3 Å². The Morgan fingerprint density at radius 2 is 2.00 bits per heavy atom. The second-order valence-corrected chi connectivity index (χ2v) is 8.31. The lowest BCUT2D eigenvalue weighted by Crippen LogP contribution is -2.36. The Labute approximate surface area is 158 Å². The molecular formula is C19H25N3O3S. The first kappa shape index (κ1) is 18.5. The van der Waals surface area contributed by atoms with Gasteiger partial charge in [0.15, 0.2) is 11.5 Å². The summed E-state index contributed by atoms with van der Waals surface area (Å²) in [6.07, 6.45) is 0. The van der Waals surface area contributed by atoms with E-state index in [0.29, 0.717) is 26.3 Å². The van der Waals surface area contributed by atoms with E-state index in [9.17, 15) is 4.79 Å². The van der Waals surface area contributed by atoms with Crippen molar-refractivity contribution < 1.29 is 14.3 Å². The van der Waals surface area contributed by atoms with Crippen molar-refractivity contribution >= 4 is 17.4 Å². The van der Waals surface area contributed by atoms with Crippen molar-refractivity contribution in [1.29, 1.82) is 0 Å². The van der Waals surface area contributed by atoms with Crippen LogP contribution in [0.3, 0.4) is 0 Å². The van der Waals surface area contributed by atoms with E-state index in [2.05, 4.69) is 36.5 Å². The van der Waals surface area contributed by atoms with Crippen LogP contribution in [0, 0.1) is 0 Å². The highest BCUT2D eigenvalue weighted by Gasteiger charge is 2.18. The minimum Gasteiger partial charge on any atom is -0.486 e. The van der Waals surface area contributed by atoms with E-state index < -0.39 is 0 Å². The molecule has 0 radical (unpaired) electrons. The molecule has 3 rings (SSSR count). The molecule has 0 aliphatic carbocycles. The minimum atomic E-state index is -0.132. The van der Waals surface area contributed by atoms with Gasteiger partial charge in [-0.25, -0.2) is 9.78 Å². The first-order chi connectivity index (χ1) is 12.3. The summed E-state index contributed by atoms with van der Waals surface area (Å²) in [5, 5.41) is 5.89. The zero-order valence-corrected chi connectivity index (χ0v) is 16.5. The minimum absolute atomic E-state index is 0.0216. The summed E-state index contributed by atoms with van der Waals surface area (Å²) in [5.74, 6) is 1.49. The van der Waals surface area contributed by atoms with Gasteiger partial charge in [-0.1, -0.05) is 26.8 Å². The Morgan fingerprint density at radius 1 is 1.27 bits per heavy atom. The van der Waals surface area contributed by atoms with Crippen LogP contribution in [0.1, 0.15) is 37.0 Å². The molecule has 1 aliphatic heterocycles. The Balaban J connectivity index is 1.54. The summed E-state index contributed by atoms with van der Waals surface area (Å²) in [4.78, 5) is 18.6. The third-order valence-electron chi connectivity index (χ3n) is 4.08. The molecule has 2 heterocycles. The van der Waals surface area contributed by atoms with E-state index in [-0.39, 0.29) is 11.4 Å². The highest BCUT2D eigenvalue weighted by Crippen LogP contribution is 2.31. The molecule has 0 saturated carbocycles. The number of rotatable bonds is 4. The first-order valence-electron chi connectivity index (χ1n) is 8.65. The van der Waals surface area contributed by atoms with Crippen molar-refractivity contribution in [1.82, 2.24) is 15.2 Å². The highest BCUT2D eigenvalue weighted by atomic mass is 32.1. The molecule has 2 aromatic rings. The number of aromatic nitrogens is 1. The Kier molecular flexibility index (Phi) is 5.36. The summed E-state index contributed by atoms with van der Waals surface area (Å²) < 4.78 is 11.1. The fourth-order valence-electron chi connectivity index (χ4n) is 2.55. The molecule has 1 aromatic heterocycles. The molecule has 1 aromatic carbocycles. The quantitative estimate of drug-likeness (QED) is 0.888. The SMILES string of the molecule is CN(Cc1ccc2c(c1)OCCO2)C(=O)NCc1nc(C(C)(C)C)cs1. The fourth-order valence-corrected chi connectivity index (χ4v) is 3.52. The van der Waals surface area contributed by atoms with Crippen molar-refractivity contribution in [2.75, 3.05) is 20.3 Å². The van der Waals surface area contributed by atoms with Gasteiger partial charge >= 0.3 is 6.03 Å². The van der Waals surface area contributed by atoms with Crippen molar-refractivity contribution in [3.05, 3.63) is 39.8 Å². The predicted molar refractivity (Wildman–Crippen MR) is 102 cm³/mol. The van der Waals surface area contributed by atoms with Gasteiger partial charge in [-0.2, -0.15) is 0 Å². The van der Waals surface area contributed by atoms with Crippen LogP contribution in [0.2, 0.25) is 0 Å². The lowest BCUT2D eigenvalue weighted by molar-refractivity contribution is 0.171. The largest absolute Gasteiger partial charge is 0.486 e. The molecule has 2 amide bonds. The topological polar surface area (TPSA) is 63.7 Å². The summed E-state index contributed by atoms with van der Waals surface area (Å²) in [5.41, 5.74) is 2.07. The monoisotopic (exact) mass is 375 g/mol. The number of carbonyl (C=O) groups is 1. The molecule has 7 heteroatoms. The van der Waals surface area contributed by atoms with Gasteiger partial charge in [0.25, 0.3) is 0 Å². The van der Waals surface area contributed by atoms with Crippen LogP contribution >= 0.6 is 11.3 Å². The summed E-state index contributed by atoms with van der Waals surface area (Å²) in [6, 6.07) is 5.63. The number of amides is 2. The van der Waals surface area contributed by atoms with Gasteiger partial charge in [-0.15, -0.1) is 11.3 Å². The van der Waals surface area contributed by atoms with E-state index in [1.807, 2.05) is 18.2 Å². The third-order valence-corrected chi connectivity index (χ3v) is 4.93. The number of urea groups is 1. The van der Waals surface area contributed by atoms with Gasteiger partial charge in [0, 0.05) is 24.4 Å². The molecule has 0 bridgehead atoms. The predicted octanol–water partition coefficient (Wildman–Crippen LogP) is 3.55. The molecule has 6 nitrogen and oxygen atoms in total. The number of benzene rings is 1. The molecule has 0 fully saturated rings. The third kappa shape index (κ3) is 4.46. The number of hydrogen-bond donors (Lipinski definition) is 1. The van der Waals surface area contributed by atoms with Gasteiger partial charge in [-0.3, -0.25) is 0 Å². The molecule has 0 atom stereocenters. The standard InChI is InChI=1S/C19H25N3O3S/c1-19(2,3)16-12-26-17(21-16)10-20-18(23)22(4)11-13-5-6-14-15(9-13)25-8-7-24-14/h5-6,9,12H,7-8,10-11H2,1-4H3,(H,20,23). The second kappa shape index (κ2) is 7.53. The second-order valence-electron chi connectivity index (χ2n) is 7.37. The lowest BCUT2D eigenvalue weighted by atomic mass is 9.93. The van der Waals surface area contributed by atoms with E-state index in [1.54, 1.807) is 23.3 Å². The van der Waals surface area contributed by atoms with Gasteiger partial charge in [0.1, 0.15) is 18.2 Å². The molecule has 26 heavy (non-hydrogen) atoms. The normalized spacial score (nSPS) is 13.4. The maximum atomic E-state index is 12.3.